The van der Waals surface area contributed by atoms with Gasteiger partial charge >= 0.3 is 0 Å². The lowest BCUT2D eigenvalue weighted by Crippen LogP contribution is -2.55. The maximum atomic E-state index is 14.7. The van der Waals surface area contributed by atoms with Crippen LogP contribution in [0.2, 0.25) is 5.02 Å². The van der Waals surface area contributed by atoms with Gasteiger partial charge in [0.1, 0.15) is 12.7 Å². The van der Waals surface area contributed by atoms with Crippen LogP contribution in [0.1, 0.15) is 16.8 Å². The number of pyridine rings is 1. The summed E-state index contributed by atoms with van der Waals surface area (Å²) in [4.78, 5) is 18.9. The molecule has 0 saturated carbocycles. The number of halogens is 3. The van der Waals surface area contributed by atoms with Crippen molar-refractivity contribution in [2.24, 2.45) is 0 Å². The van der Waals surface area contributed by atoms with Crippen molar-refractivity contribution in [3.8, 4) is 11.6 Å². The number of ether oxygens (including phenoxy) is 1. The number of alkyl halides is 2. The van der Waals surface area contributed by atoms with Crippen LogP contribution in [0.15, 0.2) is 67.3 Å². The Balaban J connectivity index is 1.38. The zero-order chi connectivity index (χ0) is 23.0. The lowest BCUT2D eigenvalue weighted by Gasteiger charge is -2.38. The second kappa shape index (κ2) is 8.40. The predicted octanol–water partition coefficient (Wildman–Crippen LogP) is 4.40. The van der Waals surface area contributed by atoms with Crippen molar-refractivity contribution in [2.45, 2.75) is 18.4 Å². The first-order chi connectivity index (χ1) is 15.9. The van der Waals surface area contributed by atoms with Gasteiger partial charge in [-0.05, 0) is 30.3 Å². The van der Waals surface area contributed by atoms with E-state index in [0.29, 0.717) is 11.2 Å². The van der Waals surface area contributed by atoms with Crippen LogP contribution in [-0.2, 0) is 0 Å². The molecule has 1 saturated heterocycles. The van der Waals surface area contributed by atoms with Crippen LogP contribution in [0.5, 0.6) is 5.88 Å². The Labute approximate surface area is 192 Å². The van der Waals surface area contributed by atoms with E-state index in [-0.39, 0.29) is 29.6 Å². The lowest BCUT2D eigenvalue weighted by atomic mass is 10.0. The number of fused-ring (bicyclic) bond motifs is 1. The Morgan fingerprint density at radius 3 is 2.70 bits per heavy atom. The molecule has 5 rings (SSSR count). The molecule has 3 heterocycles. The maximum Gasteiger partial charge on any atom is 0.287 e. The van der Waals surface area contributed by atoms with E-state index in [4.69, 9.17) is 16.3 Å². The highest BCUT2D eigenvalue weighted by molar-refractivity contribution is 6.33. The number of hydrogen-bond acceptors (Lipinski definition) is 5. The van der Waals surface area contributed by atoms with Crippen LogP contribution in [0.3, 0.4) is 0 Å². The molecule has 2 aromatic heterocycles. The standard InChI is InChI=1S/C23H18ClF2N5O2/c24-18-7-6-16(31-13-27-28-14-31)11-17(18)22(32)30-10-9-23(25,26)20(12-30)33-21-8-5-15-3-1-2-4-19(15)29-21/h1-8,11,13-14,20H,9-10,12H2/t20-/m0/s1. The van der Waals surface area contributed by atoms with Crippen molar-refractivity contribution in [3.63, 3.8) is 0 Å². The van der Waals surface area contributed by atoms with Crippen molar-refractivity contribution in [3.05, 3.63) is 77.8 Å². The van der Waals surface area contributed by atoms with E-state index >= 15 is 0 Å². The summed E-state index contributed by atoms with van der Waals surface area (Å²) in [6, 6.07) is 15.5. The molecule has 168 valence electrons. The van der Waals surface area contributed by atoms with E-state index in [1.54, 1.807) is 41.0 Å². The topological polar surface area (TPSA) is 73.1 Å². The summed E-state index contributed by atoms with van der Waals surface area (Å²) < 4.78 is 36.6. The molecule has 0 aliphatic carbocycles. The maximum absolute atomic E-state index is 14.7. The molecule has 7 nitrogen and oxygen atoms in total. The van der Waals surface area contributed by atoms with Crippen molar-refractivity contribution < 1.29 is 18.3 Å². The Morgan fingerprint density at radius 1 is 1.09 bits per heavy atom. The molecule has 1 atom stereocenters. The number of aromatic nitrogens is 4. The van der Waals surface area contributed by atoms with Gasteiger partial charge < -0.3 is 9.64 Å². The summed E-state index contributed by atoms with van der Waals surface area (Å²) in [6.07, 6.45) is 0.905. The number of carbonyl (C=O) groups excluding carboxylic acids is 1. The third-order valence-electron chi connectivity index (χ3n) is 5.59. The Hall–Kier alpha value is -3.59. The molecule has 33 heavy (non-hydrogen) atoms. The fourth-order valence-corrected chi connectivity index (χ4v) is 3.98. The number of hydrogen-bond donors (Lipinski definition) is 0. The van der Waals surface area contributed by atoms with Gasteiger partial charge in [-0.3, -0.25) is 9.36 Å². The van der Waals surface area contributed by atoms with Crippen LogP contribution < -0.4 is 4.74 Å². The zero-order valence-electron chi connectivity index (χ0n) is 17.2. The van der Waals surface area contributed by atoms with E-state index in [1.165, 1.54) is 17.6 Å². The summed E-state index contributed by atoms with van der Waals surface area (Å²) in [5, 5.41) is 8.60. The Morgan fingerprint density at radius 2 is 1.88 bits per heavy atom. The highest BCUT2D eigenvalue weighted by atomic mass is 35.5. The fourth-order valence-electron chi connectivity index (χ4n) is 3.78. The van der Waals surface area contributed by atoms with Crippen molar-refractivity contribution in [2.75, 3.05) is 13.1 Å². The van der Waals surface area contributed by atoms with Gasteiger partial charge in [-0.1, -0.05) is 29.8 Å². The van der Waals surface area contributed by atoms with Gasteiger partial charge in [0.05, 0.1) is 22.6 Å². The summed E-state index contributed by atoms with van der Waals surface area (Å²) in [7, 11) is 0. The van der Waals surface area contributed by atoms with E-state index in [0.717, 1.165) is 5.39 Å². The van der Waals surface area contributed by atoms with Gasteiger partial charge in [0, 0.05) is 30.1 Å². The van der Waals surface area contributed by atoms with Gasteiger partial charge in [-0.25, -0.2) is 13.8 Å². The number of likely N-dealkylation sites (tertiary alicyclic amines) is 1. The molecule has 0 spiro atoms. The van der Waals surface area contributed by atoms with Gasteiger partial charge in [0.25, 0.3) is 11.8 Å². The molecule has 1 aliphatic rings. The van der Waals surface area contributed by atoms with Crippen LogP contribution in [-0.4, -0.2) is 55.7 Å². The average Bonchev–Trinajstić information content (AvgIpc) is 3.35. The minimum absolute atomic E-state index is 0.0836. The van der Waals surface area contributed by atoms with Gasteiger partial charge in [0.15, 0.2) is 6.10 Å². The lowest BCUT2D eigenvalue weighted by molar-refractivity contribution is -0.131. The van der Waals surface area contributed by atoms with E-state index < -0.39 is 24.4 Å². The number of amides is 1. The summed E-state index contributed by atoms with van der Waals surface area (Å²) in [6.45, 7) is -0.419. The zero-order valence-corrected chi connectivity index (χ0v) is 18.0. The second-order valence-electron chi connectivity index (χ2n) is 7.74. The van der Waals surface area contributed by atoms with E-state index in [2.05, 4.69) is 15.2 Å². The van der Waals surface area contributed by atoms with Crippen molar-refractivity contribution >= 4 is 28.4 Å². The molecule has 0 N–H and O–H groups in total. The SMILES string of the molecule is O=C(c1cc(-n2cnnc2)ccc1Cl)N1CCC(F)(F)[C@@H](Oc2ccc3ccccc3n2)C1. The molecular formula is C23H18ClF2N5O2. The predicted molar refractivity (Wildman–Crippen MR) is 118 cm³/mol. The molecule has 1 aliphatic heterocycles. The number of benzene rings is 2. The van der Waals surface area contributed by atoms with E-state index in [9.17, 15) is 13.6 Å². The highest BCUT2D eigenvalue weighted by Gasteiger charge is 2.47. The number of carbonyl (C=O) groups is 1. The first-order valence-corrected chi connectivity index (χ1v) is 10.6. The monoisotopic (exact) mass is 469 g/mol. The summed E-state index contributed by atoms with van der Waals surface area (Å²) in [5.41, 5.74) is 1.47. The first kappa shape index (κ1) is 21.3. The van der Waals surface area contributed by atoms with E-state index in [1.807, 2.05) is 18.2 Å². The summed E-state index contributed by atoms with van der Waals surface area (Å²) >= 11 is 6.27. The molecule has 1 amide bonds. The molecule has 4 aromatic rings. The average molecular weight is 470 g/mol. The first-order valence-electron chi connectivity index (χ1n) is 10.2. The van der Waals surface area contributed by atoms with Crippen LogP contribution in [0.25, 0.3) is 16.6 Å². The van der Waals surface area contributed by atoms with Gasteiger partial charge in [-0.2, -0.15) is 0 Å². The fraction of sp³-hybridized carbons (Fsp3) is 0.217. The molecule has 0 radical (unpaired) electrons. The normalized spacial score (nSPS) is 17.8. The van der Waals surface area contributed by atoms with Gasteiger partial charge in [-0.15, -0.1) is 10.2 Å². The number of rotatable bonds is 4. The van der Waals surface area contributed by atoms with Gasteiger partial charge in [0.2, 0.25) is 5.88 Å². The van der Waals surface area contributed by atoms with Crippen molar-refractivity contribution in [1.82, 2.24) is 24.6 Å². The van der Waals surface area contributed by atoms with Crippen molar-refractivity contribution in [1.29, 1.82) is 0 Å². The third-order valence-corrected chi connectivity index (χ3v) is 5.92. The largest absolute Gasteiger partial charge is 0.466 e. The minimum atomic E-state index is -3.11. The number of piperidine rings is 1. The Kier molecular flexibility index (Phi) is 5.41. The molecule has 1 fully saturated rings. The number of nitrogens with zero attached hydrogens (tertiary/aromatic N) is 5. The minimum Gasteiger partial charge on any atom is -0.466 e. The molecule has 10 heteroatoms. The Bertz CT molecular complexity index is 1320. The highest BCUT2D eigenvalue weighted by Crippen LogP contribution is 2.33. The quantitative estimate of drug-likeness (QED) is 0.443. The molecular weight excluding hydrogens is 452 g/mol. The van der Waals surface area contributed by atoms with Crippen LogP contribution in [0.4, 0.5) is 8.78 Å². The smallest absolute Gasteiger partial charge is 0.287 e. The van der Waals surface area contributed by atoms with Crippen LogP contribution >= 0.6 is 11.6 Å². The summed E-state index contributed by atoms with van der Waals surface area (Å²) in [5.74, 6) is -3.48. The third kappa shape index (κ3) is 4.23. The van der Waals surface area contributed by atoms with Crippen LogP contribution in [0, 0.1) is 0 Å². The molecule has 2 aromatic carbocycles. The molecule has 0 bridgehead atoms. The number of para-hydroxylation sites is 1. The second-order valence-corrected chi connectivity index (χ2v) is 8.15. The molecule has 0 unspecified atom stereocenters.